The van der Waals surface area contributed by atoms with E-state index >= 15 is 0 Å². The van der Waals surface area contributed by atoms with Crippen molar-refractivity contribution in [2.24, 2.45) is 0 Å². The molecule has 0 aliphatic carbocycles. The lowest BCUT2D eigenvalue weighted by atomic mass is 10.0. The van der Waals surface area contributed by atoms with Gasteiger partial charge in [-0.2, -0.15) is 0 Å². The number of hydrogen-bond donors (Lipinski definition) is 1. The minimum atomic E-state index is 0.449. The highest BCUT2D eigenvalue weighted by Crippen LogP contribution is 2.31. The molecule has 0 spiro atoms. The Labute approximate surface area is 105 Å². The summed E-state index contributed by atoms with van der Waals surface area (Å²) in [4.78, 5) is 2.09. The van der Waals surface area contributed by atoms with E-state index in [0.29, 0.717) is 5.75 Å². The van der Waals surface area contributed by atoms with Crippen molar-refractivity contribution in [3.8, 4) is 5.75 Å². The molecule has 0 heterocycles. The Morgan fingerprint density at radius 1 is 1.12 bits per heavy atom. The molecule has 1 aromatic rings. The molecule has 2 nitrogen and oxygen atoms in total. The summed E-state index contributed by atoms with van der Waals surface area (Å²) in [5.74, 6) is 0.449. The SMILES string of the molecule is CCCCCCc1c(O)cc(C)cc1N(C)C. The summed E-state index contributed by atoms with van der Waals surface area (Å²) < 4.78 is 0. The third-order valence-corrected chi connectivity index (χ3v) is 3.11. The van der Waals surface area contributed by atoms with E-state index < -0.39 is 0 Å². The summed E-state index contributed by atoms with van der Waals surface area (Å²) >= 11 is 0. The predicted molar refractivity (Wildman–Crippen MR) is 75.0 cm³/mol. The van der Waals surface area contributed by atoms with Crippen molar-refractivity contribution in [3.05, 3.63) is 23.3 Å². The third-order valence-electron chi connectivity index (χ3n) is 3.11. The minimum Gasteiger partial charge on any atom is -0.508 e. The molecule has 0 aromatic heterocycles. The third kappa shape index (κ3) is 3.95. The molecule has 0 saturated carbocycles. The molecule has 1 N–H and O–H groups in total. The number of rotatable bonds is 6. The average Bonchev–Trinajstić information content (AvgIpc) is 2.25. The molecule has 2 heteroatoms. The van der Waals surface area contributed by atoms with E-state index in [-0.39, 0.29) is 0 Å². The summed E-state index contributed by atoms with van der Waals surface area (Å²) in [7, 11) is 4.06. The van der Waals surface area contributed by atoms with E-state index in [1.54, 1.807) is 0 Å². The van der Waals surface area contributed by atoms with Crippen LogP contribution in [0.4, 0.5) is 5.69 Å². The number of benzene rings is 1. The molecule has 0 aliphatic rings. The van der Waals surface area contributed by atoms with Crippen LogP contribution in [-0.2, 0) is 6.42 Å². The van der Waals surface area contributed by atoms with Crippen LogP contribution in [0.2, 0.25) is 0 Å². The van der Waals surface area contributed by atoms with Gasteiger partial charge >= 0.3 is 0 Å². The first-order chi connectivity index (χ1) is 8.06. The summed E-state index contributed by atoms with van der Waals surface area (Å²) in [6.45, 7) is 4.24. The second-order valence-electron chi connectivity index (χ2n) is 4.99. The number of aromatic hydroxyl groups is 1. The average molecular weight is 235 g/mol. The van der Waals surface area contributed by atoms with Gasteiger partial charge in [0.25, 0.3) is 0 Å². The normalized spacial score (nSPS) is 10.6. The van der Waals surface area contributed by atoms with Gasteiger partial charge in [0.1, 0.15) is 5.75 Å². The van der Waals surface area contributed by atoms with Gasteiger partial charge in [-0.1, -0.05) is 26.2 Å². The van der Waals surface area contributed by atoms with Crippen molar-refractivity contribution in [1.82, 2.24) is 0 Å². The van der Waals surface area contributed by atoms with Crippen molar-refractivity contribution in [3.63, 3.8) is 0 Å². The summed E-state index contributed by atoms with van der Waals surface area (Å²) in [5.41, 5.74) is 3.36. The molecule has 0 atom stereocenters. The van der Waals surface area contributed by atoms with Crippen molar-refractivity contribution < 1.29 is 5.11 Å². The van der Waals surface area contributed by atoms with Gasteiger partial charge < -0.3 is 10.0 Å². The topological polar surface area (TPSA) is 23.5 Å². The van der Waals surface area contributed by atoms with Crippen molar-refractivity contribution in [2.75, 3.05) is 19.0 Å². The fourth-order valence-corrected chi connectivity index (χ4v) is 2.16. The number of phenols is 1. The van der Waals surface area contributed by atoms with Crippen LogP contribution >= 0.6 is 0 Å². The lowest BCUT2D eigenvalue weighted by Crippen LogP contribution is -2.11. The Balaban J connectivity index is 2.81. The van der Waals surface area contributed by atoms with Crippen LogP contribution in [0.5, 0.6) is 5.75 Å². The molecule has 0 unspecified atom stereocenters. The first-order valence-corrected chi connectivity index (χ1v) is 6.56. The Kier molecular flexibility index (Phi) is 5.33. The summed E-state index contributed by atoms with van der Waals surface area (Å²) in [6.07, 6.45) is 5.91. The lowest BCUT2D eigenvalue weighted by Gasteiger charge is -2.19. The second-order valence-corrected chi connectivity index (χ2v) is 4.99. The quantitative estimate of drug-likeness (QED) is 0.756. The van der Waals surface area contributed by atoms with Gasteiger partial charge in [-0.3, -0.25) is 0 Å². The van der Waals surface area contributed by atoms with Gasteiger partial charge in [-0.25, -0.2) is 0 Å². The maximum atomic E-state index is 10.1. The molecule has 1 rings (SSSR count). The molecule has 0 amide bonds. The number of aryl methyl sites for hydroxylation is 1. The molecule has 96 valence electrons. The Morgan fingerprint density at radius 2 is 1.82 bits per heavy atom. The fraction of sp³-hybridized carbons (Fsp3) is 0.600. The fourth-order valence-electron chi connectivity index (χ4n) is 2.16. The summed E-state index contributed by atoms with van der Waals surface area (Å²) in [6, 6.07) is 4.01. The zero-order valence-corrected chi connectivity index (χ0v) is 11.6. The second kappa shape index (κ2) is 6.53. The van der Waals surface area contributed by atoms with Gasteiger partial charge in [-0.15, -0.1) is 0 Å². The van der Waals surface area contributed by atoms with Crippen LogP contribution in [0.3, 0.4) is 0 Å². The smallest absolute Gasteiger partial charge is 0.121 e. The van der Waals surface area contributed by atoms with Crippen molar-refractivity contribution in [2.45, 2.75) is 46.0 Å². The largest absolute Gasteiger partial charge is 0.508 e. The van der Waals surface area contributed by atoms with E-state index in [1.165, 1.54) is 19.3 Å². The highest BCUT2D eigenvalue weighted by Gasteiger charge is 2.10. The van der Waals surface area contributed by atoms with E-state index in [9.17, 15) is 5.11 Å². The van der Waals surface area contributed by atoms with Gasteiger partial charge in [0.2, 0.25) is 0 Å². The summed E-state index contributed by atoms with van der Waals surface area (Å²) in [5, 5.41) is 10.1. The molecule has 0 radical (unpaired) electrons. The van der Waals surface area contributed by atoms with Gasteiger partial charge in [0.15, 0.2) is 0 Å². The highest BCUT2D eigenvalue weighted by molar-refractivity contribution is 5.60. The number of unbranched alkanes of at least 4 members (excludes halogenated alkanes) is 3. The Morgan fingerprint density at radius 3 is 2.41 bits per heavy atom. The zero-order valence-electron chi connectivity index (χ0n) is 11.6. The van der Waals surface area contributed by atoms with E-state index in [0.717, 1.165) is 29.7 Å². The van der Waals surface area contributed by atoms with Crippen LogP contribution < -0.4 is 4.90 Å². The van der Waals surface area contributed by atoms with Gasteiger partial charge in [0, 0.05) is 25.3 Å². The Bertz CT molecular complexity index is 358. The molecule has 0 bridgehead atoms. The standard InChI is InChI=1S/C15H25NO/c1-5-6-7-8-9-13-14(16(3)4)10-12(2)11-15(13)17/h10-11,17H,5-9H2,1-4H3. The molecule has 1 aromatic carbocycles. The van der Waals surface area contributed by atoms with Crippen molar-refractivity contribution >= 4 is 5.69 Å². The van der Waals surface area contributed by atoms with E-state index in [4.69, 9.17) is 0 Å². The first kappa shape index (κ1) is 13.9. The molecule has 0 aliphatic heterocycles. The van der Waals surface area contributed by atoms with Gasteiger partial charge in [0.05, 0.1) is 0 Å². The first-order valence-electron chi connectivity index (χ1n) is 6.56. The number of hydrogen-bond acceptors (Lipinski definition) is 2. The maximum absolute atomic E-state index is 10.1. The molecule has 0 saturated heterocycles. The zero-order chi connectivity index (χ0) is 12.8. The van der Waals surface area contributed by atoms with Crippen molar-refractivity contribution in [1.29, 1.82) is 0 Å². The lowest BCUT2D eigenvalue weighted by molar-refractivity contribution is 0.466. The van der Waals surface area contributed by atoms with Crippen LogP contribution in [-0.4, -0.2) is 19.2 Å². The van der Waals surface area contributed by atoms with Crippen LogP contribution in [0, 0.1) is 6.92 Å². The minimum absolute atomic E-state index is 0.449. The van der Waals surface area contributed by atoms with E-state index in [1.807, 2.05) is 27.1 Å². The maximum Gasteiger partial charge on any atom is 0.121 e. The number of phenolic OH excluding ortho intramolecular Hbond substituents is 1. The number of anilines is 1. The van der Waals surface area contributed by atoms with Crippen LogP contribution in [0.1, 0.15) is 43.7 Å². The number of nitrogens with zero attached hydrogens (tertiary/aromatic N) is 1. The molecule has 17 heavy (non-hydrogen) atoms. The molecular formula is C15H25NO. The molecular weight excluding hydrogens is 210 g/mol. The molecule has 0 fully saturated rings. The monoisotopic (exact) mass is 235 g/mol. The van der Waals surface area contributed by atoms with Gasteiger partial charge in [-0.05, 0) is 37.5 Å². The van der Waals surface area contributed by atoms with Crippen LogP contribution in [0.15, 0.2) is 12.1 Å². The predicted octanol–water partition coefficient (Wildman–Crippen LogP) is 3.89. The highest BCUT2D eigenvalue weighted by atomic mass is 16.3. The Hall–Kier alpha value is -1.18. The van der Waals surface area contributed by atoms with Crippen LogP contribution in [0.25, 0.3) is 0 Å². The van der Waals surface area contributed by atoms with E-state index in [2.05, 4.69) is 17.9 Å².